The van der Waals surface area contributed by atoms with Crippen LogP contribution in [0.15, 0.2) is 24.3 Å². The molecule has 1 aliphatic heterocycles. The van der Waals surface area contributed by atoms with Crippen molar-refractivity contribution in [3.8, 4) is 5.75 Å². The van der Waals surface area contributed by atoms with Gasteiger partial charge in [0.05, 0.1) is 11.0 Å². The SMILES string of the molecule is CC(C)(C)OC=O.O=[N+]([O-])c1cccc(OC2CCNCC2)c1. The first-order valence-electron chi connectivity index (χ1n) is 7.55. The molecule has 1 heterocycles. The van der Waals surface area contributed by atoms with Crippen molar-refractivity contribution in [3.63, 3.8) is 0 Å². The summed E-state index contributed by atoms with van der Waals surface area (Å²) in [6, 6.07) is 6.35. The molecule has 7 nitrogen and oxygen atoms in total. The molecule has 0 amide bonds. The molecule has 1 fully saturated rings. The Balaban J connectivity index is 0.000000322. The molecule has 0 spiro atoms. The third kappa shape index (κ3) is 8.15. The highest BCUT2D eigenvalue weighted by Gasteiger charge is 2.15. The summed E-state index contributed by atoms with van der Waals surface area (Å²) in [5, 5.41) is 13.8. The van der Waals surface area contributed by atoms with Gasteiger partial charge in [-0.2, -0.15) is 0 Å². The molecule has 0 aromatic heterocycles. The first-order chi connectivity index (χ1) is 10.8. The molecule has 2 rings (SSSR count). The van der Waals surface area contributed by atoms with Crippen LogP contribution in [0.4, 0.5) is 5.69 Å². The summed E-state index contributed by atoms with van der Waals surface area (Å²) >= 11 is 0. The minimum atomic E-state index is -0.407. The lowest BCUT2D eigenvalue weighted by molar-refractivity contribution is -0.384. The average molecular weight is 324 g/mol. The quantitative estimate of drug-likeness (QED) is 0.520. The smallest absolute Gasteiger partial charge is 0.293 e. The zero-order chi connectivity index (χ0) is 17.3. The van der Waals surface area contributed by atoms with Gasteiger partial charge in [0.25, 0.3) is 12.2 Å². The Hall–Kier alpha value is -2.15. The van der Waals surface area contributed by atoms with Gasteiger partial charge in [0, 0.05) is 6.07 Å². The van der Waals surface area contributed by atoms with Crippen LogP contribution in [0.3, 0.4) is 0 Å². The van der Waals surface area contributed by atoms with E-state index in [1.807, 2.05) is 20.8 Å². The van der Waals surface area contributed by atoms with E-state index in [-0.39, 0.29) is 17.4 Å². The van der Waals surface area contributed by atoms with Gasteiger partial charge in [0.1, 0.15) is 17.5 Å². The van der Waals surface area contributed by atoms with Crippen LogP contribution in [0.1, 0.15) is 33.6 Å². The highest BCUT2D eigenvalue weighted by Crippen LogP contribution is 2.21. The fourth-order valence-electron chi connectivity index (χ4n) is 1.92. The monoisotopic (exact) mass is 324 g/mol. The Morgan fingerprint density at radius 3 is 2.43 bits per heavy atom. The number of nitro groups is 1. The van der Waals surface area contributed by atoms with E-state index in [4.69, 9.17) is 4.74 Å². The molecule has 128 valence electrons. The molecule has 0 atom stereocenters. The summed E-state index contributed by atoms with van der Waals surface area (Å²) in [5.74, 6) is 0.584. The van der Waals surface area contributed by atoms with E-state index in [2.05, 4.69) is 10.1 Å². The fraction of sp³-hybridized carbons (Fsp3) is 0.562. The lowest BCUT2D eigenvalue weighted by atomic mass is 10.1. The molecule has 1 aliphatic rings. The molecule has 0 bridgehead atoms. The molecule has 1 N–H and O–H groups in total. The van der Waals surface area contributed by atoms with E-state index in [0.29, 0.717) is 12.2 Å². The molecule has 0 radical (unpaired) electrons. The standard InChI is InChI=1S/C11H14N2O3.C5H10O2/c14-13(15)9-2-1-3-11(8-9)16-10-4-6-12-7-5-10;1-5(2,3)7-4-6/h1-3,8,10,12H,4-7H2;4H,1-3H3. The van der Waals surface area contributed by atoms with Gasteiger partial charge in [-0.3, -0.25) is 14.9 Å². The van der Waals surface area contributed by atoms with E-state index in [1.54, 1.807) is 12.1 Å². The number of hydrogen-bond donors (Lipinski definition) is 1. The minimum absolute atomic E-state index is 0.0754. The van der Waals surface area contributed by atoms with Crippen molar-refractivity contribution in [1.29, 1.82) is 0 Å². The Kier molecular flexibility index (Phi) is 7.47. The van der Waals surface area contributed by atoms with E-state index >= 15 is 0 Å². The highest BCUT2D eigenvalue weighted by atomic mass is 16.6. The maximum atomic E-state index is 10.6. The first-order valence-corrected chi connectivity index (χ1v) is 7.55. The molecule has 1 aromatic rings. The number of hydrogen-bond acceptors (Lipinski definition) is 6. The van der Waals surface area contributed by atoms with Crippen LogP contribution < -0.4 is 10.1 Å². The summed E-state index contributed by atoms with van der Waals surface area (Å²) in [7, 11) is 0. The number of piperidine rings is 1. The Morgan fingerprint density at radius 1 is 1.30 bits per heavy atom. The molecular formula is C16H24N2O5. The van der Waals surface area contributed by atoms with Crippen LogP contribution in [0, 0.1) is 10.1 Å². The molecule has 1 saturated heterocycles. The van der Waals surface area contributed by atoms with Crippen molar-refractivity contribution in [3.05, 3.63) is 34.4 Å². The predicted molar refractivity (Wildman–Crippen MR) is 86.5 cm³/mol. The number of ether oxygens (including phenoxy) is 2. The zero-order valence-electron chi connectivity index (χ0n) is 13.8. The van der Waals surface area contributed by atoms with Crippen molar-refractivity contribution >= 4 is 12.2 Å². The second kappa shape index (κ2) is 9.09. The molecule has 23 heavy (non-hydrogen) atoms. The number of nitrogens with zero attached hydrogens (tertiary/aromatic N) is 1. The van der Waals surface area contributed by atoms with Crippen molar-refractivity contribution < 1.29 is 19.2 Å². The number of carbonyl (C=O) groups is 1. The van der Waals surface area contributed by atoms with Crippen LogP contribution in [0.2, 0.25) is 0 Å². The lowest BCUT2D eigenvalue weighted by Gasteiger charge is -2.23. The van der Waals surface area contributed by atoms with Gasteiger partial charge in [-0.1, -0.05) is 6.07 Å². The third-order valence-electron chi connectivity index (χ3n) is 3.02. The van der Waals surface area contributed by atoms with Gasteiger partial charge in [-0.15, -0.1) is 0 Å². The molecule has 0 aliphatic carbocycles. The van der Waals surface area contributed by atoms with E-state index < -0.39 is 4.92 Å². The van der Waals surface area contributed by atoms with Gasteiger partial charge in [0.15, 0.2) is 0 Å². The largest absolute Gasteiger partial charge is 0.490 e. The first kappa shape index (κ1) is 18.9. The summed E-state index contributed by atoms with van der Waals surface area (Å²) < 4.78 is 10.3. The van der Waals surface area contributed by atoms with Gasteiger partial charge in [-0.25, -0.2) is 0 Å². The summed E-state index contributed by atoms with van der Waals surface area (Å²) in [6.45, 7) is 7.81. The van der Waals surface area contributed by atoms with E-state index in [1.165, 1.54) is 12.1 Å². The maximum Gasteiger partial charge on any atom is 0.293 e. The summed E-state index contributed by atoms with van der Waals surface area (Å²) in [4.78, 5) is 19.8. The Bertz CT molecular complexity index is 507. The van der Waals surface area contributed by atoms with Crippen LogP contribution in [0.5, 0.6) is 5.75 Å². The zero-order valence-corrected chi connectivity index (χ0v) is 13.8. The molecule has 7 heteroatoms. The van der Waals surface area contributed by atoms with Gasteiger partial charge >= 0.3 is 0 Å². The molecule has 0 unspecified atom stereocenters. The summed E-state index contributed by atoms with van der Waals surface area (Å²) in [6.07, 6.45) is 2.06. The molecule has 1 aromatic carbocycles. The maximum absolute atomic E-state index is 10.6. The van der Waals surface area contributed by atoms with Crippen molar-refractivity contribution in [2.45, 2.75) is 45.3 Å². The average Bonchev–Trinajstić information content (AvgIpc) is 2.48. The highest BCUT2D eigenvalue weighted by molar-refractivity contribution is 5.38. The second-order valence-electron chi connectivity index (χ2n) is 6.15. The topological polar surface area (TPSA) is 90.7 Å². The van der Waals surface area contributed by atoms with Crippen LogP contribution >= 0.6 is 0 Å². The summed E-state index contributed by atoms with van der Waals surface area (Å²) in [5.41, 5.74) is -0.242. The van der Waals surface area contributed by atoms with Crippen LogP contribution in [-0.2, 0) is 9.53 Å². The Labute approximate surface area is 136 Å². The molecular weight excluding hydrogens is 300 g/mol. The molecule has 0 saturated carbocycles. The minimum Gasteiger partial charge on any atom is -0.490 e. The van der Waals surface area contributed by atoms with E-state index in [0.717, 1.165) is 25.9 Å². The van der Waals surface area contributed by atoms with Gasteiger partial charge in [0.2, 0.25) is 0 Å². The number of benzene rings is 1. The Morgan fingerprint density at radius 2 is 1.96 bits per heavy atom. The van der Waals surface area contributed by atoms with E-state index in [9.17, 15) is 14.9 Å². The van der Waals surface area contributed by atoms with Crippen molar-refractivity contribution in [2.75, 3.05) is 13.1 Å². The van der Waals surface area contributed by atoms with Crippen molar-refractivity contribution in [2.24, 2.45) is 0 Å². The number of nitrogens with one attached hydrogen (secondary N) is 1. The van der Waals surface area contributed by atoms with Gasteiger partial charge in [-0.05, 0) is 52.8 Å². The normalized spacial score (nSPS) is 15.1. The third-order valence-corrected chi connectivity index (χ3v) is 3.02. The number of non-ortho nitro benzene ring substituents is 1. The van der Waals surface area contributed by atoms with Crippen LogP contribution in [-0.4, -0.2) is 36.2 Å². The number of carbonyl (C=O) groups excluding carboxylic acids is 1. The fourth-order valence-corrected chi connectivity index (χ4v) is 1.92. The van der Waals surface area contributed by atoms with Crippen LogP contribution in [0.25, 0.3) is 0 Å². The predicted octanol–water partition coefficient (Wildman–Crippen LogP) is 2.68. The number of rotatable bonds is 4. The second-order valence-corrected chi connectivity index (χ2v) is 6.15. The number of nitro benzene ring substituents is 1. The van der Waals surface area contributed by atoms with Crippen molar-refractivity contribution in [1.82, 2.24) is 5.32 Å². The lowest BCUT2D eigenvalue weighted by Crippen LogP contribution is -2.34. The van der Waals surface area contributed by atoms with Gasteiger partial charge < -0.3 is 14.8 Å².